The average Bonchev–Trinajstić information content (AvgIpc) is 3.28. The molecule has 27 heavy (non-hydrogen) atoms. The molecular formula is C21H20N2O3S. The third-order valence-electron chi connectivity index (χ3n) is 4.74. The summed E-state index contributed by atoms with van der Waals surface area (Å²) in [6.45, 7) is 1.22. The molecule has 1 aliphatic heterocycles. The van der Waals surface area contributed by atoms with Crippen molar-refractivity contribution in [1.82, 2.24) is 9.88 Å². The summed E-state index contributed by atoms with van der Waals surface area (Å²) in [5, 5.41) is 0.773. The van der Waals surface area contributed by atoms with Crippen LogP contribution < -0.4 is 0 Å². The minimum Gasteiger partial charge on any atom is -0.458 e. The van der Waals surface area contributed by atoms with Gasteiger partial charge in [0.1, 0.15) is 11.6 Å². The summed E-state index contributed by atoms with van der Waals surface area (Å²) in [5.41, 5.74) is 2.10. The summed E-state index contributed by atoms with van der Waals surface area (Å²) in [6.07, 6.45) is 1.02. The van der Waals surface area contributed by atoms with E-state index < -0.39 is 0 Å². The molecule has 0 aliphatic carbocycles. The highest BCUT2D eigenvalue weighted by Gasteiger charge is 2.35. The summed E-state index contributed by atoms with van der Waals surface area (Å²) in [5.74, 6) is -0.680. The number of esters is 1. The molecule has 1 fully saturated rings. The van der Waals surface area contributed by atoms with Gasteiger partial charge in [-0.1, -0.05) is 42.5 Å². The Kier molecular flexibility index (Phi) is 5.16. The molecule has 2 heterocycles. The second kappa shape index (κ2) is 7.88. The molecule has 0 radical (unpaired) electrons. The Labute approximate surface area is 161 Å². The predicted molar refractivity (Wildman–Crippen MR) is 104 cm³/mol. The summed E-state index contributed by atoms with van der Waals surface area (Å²) in [6, 6.07) is 17.9. The first-order valence-electron chi connectivity index (χ1n) is 9.02. The fourth-order valence-electron chi connectivity index (χ4n) is 3.29. The number of nitrogens with zero attached hydrogens (tertiary/aromatic N) is 2. The Morgan fingerprint density at radius 3 is 2.74 bits per heavy atom. The van der Waals surface area contributed by atoms with Crippen molar-refractivity contribution < 1.29 is 14.3 Å². The van der Waals surface area contributed by atoms with Crippen LogP contribution >= 0.6 is 11.3 Å². The van der Waals surface area contributed by atoms with Gasteiger partial charge in [0.15, 0.2) is 0 Å². The first-order chi connectivity index (χ1) is 13.2. The monoisotopic (exact) mass is 380 g/mol. The molecule has 0 saturated carbocycles. The van der Waals surface area contributed by atoms with Crippen LogP contribution in [0.1, 0.15) is 17.0 Å². The number of carbonyl (C=O) groups is 2. The average molecular weight is 380 g/mol. The summed E-state index contributed by atoms with van der Waals surface area (Å²) >= 11 is 1.52. The van der Waals surface area contributed by atoms with Crippen molar-refractivity contribution in [2.75, 3.05) is 13.1 Å². The number of thiazole rings is 1. The lowest BCUT2D eigenvalue weighted by Crippen LogP contribution is -2.28. The molecule has 1 aliphatic rings. The number of amides is 1. The fraction of sp³-hybridized carbons (Fsp3) is 0.286. The van der Waals surface area contributed by atoms with Gasteiger partial charge in [-0.3, -0.25) is 9.59 Å². The highest BCUT2D eigenvalue weighted by atomic mass is 32.1. The molecule has 4 rings (SSSR count). The number of aromatic nitrogens is 1. The van der Waals surface area contributed by atoms with Crippen molar-refractivity contribution in [2.45, 2.75) is 19.4 Å². The predicted octanol–water partition coefficient (Wildman–Crippen LogP) is 3.43. The molecule has 0 N–H and O–H groups in total. The van der Waals surface area contributed by atoms with Gasteiger partial charge in [0.2, 0.25) is 5.91 Å². The standard InChI is InChI=1S/C21H20N2O3S/c24-20-12-16(13-23(20)11-10-15-6-2-1-3-7-15)21(25)26-14-19-22-17-8-4-5-9-18(17)27-19/h1-9,16H,10-14H2. The molecule has 1 amide bonds. The van der Waals surface area contributed by atoms with E-state index in [-0.39, 0.29) is 30.8 Å². The molecule has 1 unspecified atom stereocenters. The van der Waals surface area contributed by atoms with Crippen LogP contribution in [0.5, 0.6) is 0 Å². The Bertz CT molecular complexity index is 921. The molecule has 6 heteroatoms. The molecule has 0 bridgehead atoms. The number of likely N-dealkylation sites (tertiary alicyclic amines) is 1. The van der Waals surface area contributed by atoms with Crippen LogP contribution in [0, 0.1) is 5.92 Å². The Morgan fingerprint density at radius 2 is 1.93 bits per heavy atom. The van der Waals surface area contributed by atoms with Gasteiger partial charge in [0.05, 0.1) is 16.1 Å². The van der Waals surface area contributed by atoms with Crippen LogP contribution in [0.3, 0.4) is 0 Å². The molecule has 138 valence electrons. The molecule has 0 spiro atoms. The summed E-state index contributed by atoms with van der Waals surface area (Å²) < 4.78 is 6.51. The number of hydrogen-bond donors (Lipinski definition) is 0. The molecule has 3 aromatic rings. The fourth-order valence-corrected chi connectivity index (χ4v) is 4.17. The molecule has 5 nitrogen and oxygen atoms in total. The van der Waals surface area contributed by atoms with Crippen LogP contribution in [-0.4, -0.2) is 34.8 Å². The van der Waals surface area contributed by atoms with Gasteiger partial charge in [-0.25, -0.2) is 4.98 Å². The Balaban J connectivity index is 1.29. The number of benzene rings is 2. The zero-order valence-electron chi connectivity index (χ0n) is 14.8. The second-order valence-electron chi connectivity index (χ2n) is 6.66. The molecule has 1 saturated heterocycles. The summed E-state index contributed by atoms with van der Waals surface area (Å²) in [7, 11) is 0. The minimum absolute atomic E-state index is 0.0212. The van der Waals surface area contributed by atoms with Crippen molar-refractivity contribution >= 4 is 33.4 Å². The topological polar surface area (TPSA) is 59.5 Å². The van der Waals surface area contributed by atoms with Gasteiger partial charge in [-0.2, -0.15) is 0 Å². The number of ether oxygens (including phenoxy) is 1. The smallest absolute Gasteiger partial charge is 0.311 e. The normalized spacial score (nSPS) is 16.8. The first-order valence-corrected chi connectivity index (χ1v) is 9.83. The van der Waals surface area contributed by atoms with E-state index in [1.807, 2.05) is 54.6 Å². The van der Waals surface area contributed by atoms with Gasteiger partial charge in [-0.05, 0) is 24.1 Å². The van der Waals surface area contributed by atoms with E-state index in [9.17, 15) is 9.59 Å². The van der Waals surface area contributed by atoms with E-state index in [1.54, 1.807) is 4.90 Å². The molecule has 2 aromatic carbocycles. The lowest BCUT2D eigenvalue weighted by molar-refractivity contribution is -0.149. The van der Waals surface area contributed by atoms with Crippen LogP contribution in [0.2, 0.25) is 0 Å². The van der Waals surface area contributed by atoms with E-state index >= 15 is 0 Å². The van der Waals surface area contributed by atoms with Crippen LogP contribution in [0.4, 0.5) is 0 Å². The first kappa shape index (κ1) is 17.7. The van der Waals surface area contributed by atoms with E-state index in [0.717, 1.165) is 21.6 Å². The van der Waals surface area contributed by atoms with Crippen molar-refractivity contribution in [3.63, 3.8) is 0 Å². The third-order valence-corrected chi connectivity index (χ3v) is 5.75. The maximum absolute atomic E-state index is 12.4. The minimum atomic E-state index is -0.386. The zero-order valence-corrected chi connectivity index (χ0v) is 15.7. The SMILES string of the molecule is O=C(OCc1nc2ccccc2s1)C1CC(=O)N(CCc2ccccc2)C1. The maximum Gasteiger partial charge on any atom is 0.311 e. The molecule has 1 atom stereocenters. The van der Waals surface area contributed by atoms with Crippen molar-refractivity contribution in [1.29, 1.82) is 0 Å². The van der Waals surface area contributed by atoms with E-state index in [4.69, 9.17) is 4.74 Å². The number of rotatable bonds is 6. The third kappa shape index (κ3) is 4.17. The van der Waals surface area contributed by atoms with Gasteiger partial charge < -0.3 is 9.64 Å². The number of para-hydroxylation sites is 1. The molecular weight excluding hydrogens is 360 g/mol. The Hall–Kier alpha value is -2.73. The van der Waals surface area contributed by atoms with E-state index in [1.165, 1.54) is 16.9 Å². The van der Waals surface area contributed by atoms with E-state index in [0.29, 0.717) is 13.1 Å². The van der Waals surface area contributed by atoms with Crippen molar-refractivity contribution in [2.24, 2.45) is 5.92 Å². The maximum atomic E-state index is 12.4. The van der Waals surface area contributed by atoms with Gasteiger partial charge in [0, 0.05) is 19.5 Å². The van der Waals surface area contributed by atoms with Gasteiger partial charge in [-0.15, -0.1) is 11.3 Å². The van der Waals surface area contributed by atoms with Crippen LogP contribution in [0.15, 0.2) is 54.6 Å². The number of hydrogen-bond acceptors (Lipinski definition) is 5. The second-order valence-corrected chi connectivity index (χ2v) is 7.77. The highest BCUT2D eigenvalue weighted by Crippen LogP contribution is 2.24. The lowest BCUT2D eigenvalue weighted by Gasteiger charge is -2.16. The summed E-state index contributed by atoms with van der Waals surface area (Å²) in [4.78, 5) is 30.8. The van der Waals surface area contributed by atoms with Crippen LogP contribution in [-0.2, 0) is 27.4 Å². The Morgan fingerprint density at radius 1 is 1.15 bits per heavy atom. The van der Waals surface area contributed by atoms with Gasteiger partial charge >= 0.3 is 5.97 Å². The van der Waals surface area contributed by atoms with E-state index in [2.05, 4.69) is 4.98 Å². The van der Waals surface area contributed by atoms with Crippen molar-refractivity contribution in [3.05, 3.63) is 65.2 Å². The quantitative estimate of drug-likeness (QED) is 0.615. The number of fused-ring (bicyclic) bond motifs is 1. The number of carbonyl (C=O) groups excluding carboxylic acids is 2. The van der Waals surface area contributed by atoms with Gasteiger partial charge in [0.25, 0.3) is 0 Å². The zero-order chi connectivity index (χ0) is 18.6. The largest absolute Gasteiger partial charge is 0.458 e. The molecule has 1 aromatic heterocycles. The highest BCUT2D eigenvalue weighted by molar-refractivity contribution is 7.18. The van der Waals surface area contributed by atoms with Crippen molar-refractivity contribution in [3.8, 4) is 0 Å². The van der Waals surface area contributed by atoms with Crippen LogP contribution in [0.25, 0.3) is 10.2 Å². The lowest BCUT2D eigenvalue weighted by atomic mass is 10.1.